The van der Waals surface area contributed by atoms with Crippen LogP contribution in [-0.4, -0.2) is 50.8 Å². The number of carboxylic acid groups (broad SMARTS) is 1. The zero-order valence-electron chi connectivity index (χ0n) is 9.04. The smallest absolute Gasteiger partial charge is 0.323 e. The van der Waals surface area contributed by atoms with Crippen molar-refractivity contribution < 1.29 is 19.5 Å². The second-order valence-corrected chi connectivity index (χ2v) is 3.64. The largest absolute Gasteiger partial charge is 0.480 e. The van der Waals surface area contributed by atoms with Crippen LogP contribution in [0.4, 0.5) is 0 Å². The number of carbonyl (C=O) groups is 3. The molecule has 96 valence electrons. The molecule has 0 saturated heterocycles. The zero-order valence-corrected chi connectivity index (χ0v) is 9.79. The van der Waals surface area contributed by atoms with E-state index < -0.39 is 30.9 Å². The van der Waals surface area contributed by atoms with Gasteiger partial charge in [-0.1, -0.05) is 11.6 Å². The Morgan fingerprint density at radius 1 is 1.33 bits per heavy atom. The summed E-state index contributed by atoms with van der Waals surface area (Å²) in [5, 5.41) is 8.62. The molecular formula is C9H9ClN4O4. The minimum absolute atomic E-state index is 0.0183. The van der Waals surface area contributed by atoms with Gasteiger partial charge in [0.1, 0.15) is 23.9 Å². The van der Waals surface area contributed by atoms with Gasteiger partial charge in [0, 0.05) is 0 Å². The number of hydrogen-bond donors (Lipinski definition) is 2. The molecule has 1 aromatic rings. The summed E-state index contributed by atoms with van der Waals surface area (Å²) >= 11 is 5.55. The van der Waals surface area contributed by atoms with Crippen molar-refractivity contribution >= 4 is 29.4 Å². The zero-order chi connectivity index (χ0) is 13.7. The first-order valence-corrected chi connectivity index (χ1v) is 5.05. The SMILES string of the molecule is NC(=O)CN(CC(=O)O)C(=O)c1cncc(Cl)n1. The molecule has 1 heterocycles. The predicted molar refractivity (Wildman–Crippen MR) is 59.8 cm³/mol. The number of aliphatic carboxylic acids is 1. The Balaban J connectivity index is 2.94. The second-order valence-electron chi connectivity index (χ2n) is 3.25. The third kappa shape index (κ3) is 3.98. The number of nitrogens with zero attached hydrogens (tertiary/aromatic N) is 3. The normalized spacial score (nSPS) is 9.83. The lowest BCUT2D eigenvalue weighted by atomic mass is 10.3. The molecule has 3 N–H and O–H groups in total. The highest BCUT2D eigenvalue weighted by molar-refractivity contribution is 6.29. The minimum Gasteiger partial charge on any atom is -0.480 e. The maximum absolute atomic E-state index is 11.9. The summed E-state index contributed by atoms with van der Waals surface area (Å²) in [6, 6.07) is 0. The summed E-state index contributed by atoms with van der Waals surface area (Å²) in [5.74, 6) is -2.90. The van der Waals surface area contributed by atoms with Gasteiger partial charge in [-0.15, -0.1) is 0 Å². The number of primary amides is 1. The van der Waals surface area contributed by atoms with Crippen LogP contribution in [0.1, 0.15) is 10.5 Å². The van der Waals surface area contributed by atoms with Gasteiger partial charge in [0.15, 0.2) is 0 Å². The van der Waals surface area contributed by atoms with Crippen LogP contribution in [0.5, 0.6) is 0 Å². The van der Waals surface area contributed by atoms with Crippen LogP contribution in [0, 0.1) is 0 Å². The molecular weight excluding hydrogens is 264 g/mol. The van der Waals surface area contributed by atoms with Crippen molar-refractivity contribution in [3.05, 3.63) is 23.2 Å². The highest BCUT2D eigenvalue weighted by atomic mass is 35.5. The monoisotopic (exact) mass is 272 g/mol. The van der Waals surface area contributed by atoms with Crippen LogP contribution >= 0.6 is 11.6 Å². The van der Waals surface area contributed by atoms with E-state index in [-0.39, 0.29) is 10.8 Å². The van der Waals surface area contributed by atoms with Gasteiger partial charge in [0.05, 0.1) is 12.4 Å². The van der Waals surface area contributed by atoms with Gasteiger partial charge in [-0.2, -0.15) is 0 Å². The Kier molecular flexibility index (Phi) is 4.55. The van der Waals surface area contributed by atoms with Gasteiger partial charge < -0.3 is 15.7 Å². The number of carboxylic acids is 1. The number of nitrogens with two attached hydrogens (primary N) is 1. The first-order chi connectivity index (χ1) is 8.40. The van der Waals surface area contributed by atoms with Gasteiger partial charge in [0.2, 0.25) is 5.91 Å². The molecule has 9 heteroatoms. The molecule has 8 nitrogen and oxygen atoms in total. The fourth-order valence-electron chi connectivity index (χ4n) is 1.16. The summed E-state index contributed by atoms with van der Waals surface area (Å²) in [7, 11) is 0. The molecule has 1 aromatic heterocycles. The maximum atomic E-state index is 11.9. The molecule has 1 rings (SSSR count). The Morgan fingerprint density at radius 3 is 2.50 bits per heavy atom. The van der Waals surface area contributed by atoms with Crippen LogP contribution in [0.3, 0.4) is 0 Å². The Labute approximate surface area is 106 Å². The van der Waals surface area contributed by atoms with E-state index in [1.54, 1.807) is 0 Å². The molecule has 0 fully saturated rings. The number of rotatable bonds is 5. The summed E-state index contributed by atoms with van der Waals surface area (Å²) in [6.07, 6.45) is 2.33. The van der Waals surface area contributed by atoms with Crippen molar-refractivity contribution in [2.45, 2.75) is 0 Å². The number of aromatic nitrogens is 2. The van der Waals surface area contributed by atoms with E-state index in [0.29, 0.717) is 0 Å². The van der Waals surface area contributed by atoms with Crippen LogP contribution < -0.4 is 5.73 Å². The van der Waals surface area contributed by atoms with Gasteiger partial charge >= 0.3 is 5.97 Å². The molecule has 0 spiro atoms. The Bertz CT molecular complexity index is 477. The quantitative estimate of drug-likeness (QED) is 0.718. The fourth-order valence-corrected chi connectivity index (χ4v) is 1.31. The lowest BCUT2D eigenvalue weighted by Gasteiger charge is -2.18. The van der Waals surface area contributed by atoms with E-state index >= 15 is 0 Å². The highest BCUT2D eigenvalue weighted by Crippen LogP contribution is 2.05. The van der Waals surface area contributed by atoms with Gasteiger partial charge in [-0.25, -0.2) is 4.98 Å². The number of carbonyl (C=O) groups excluding carboxylic acids is 2. The Morgan fingerprint density at radius 2 is 2.00 bits per heavy atom. The standard InChI is InChI=1S/C9H9ClN4O4/c10-6-2-12-1-5(13-6)9(18)14(3-7(11)15)4-8(16)17/h1-2H,3-4H2,(H2,11,15)(H,16,17). The van der Waals surface area contributed by atoms with E-state index in [0.717, 1.165) is 11.1 Å². The van der Waals surface area contributed by atoms with Crippen LogP contribution in [0.2, 0.25) is 5.15 Å². The molecule has 2 amide bonds. The molecule has 0 aliphatic heterocycles. The average molecular weight is 273 g/mol. The van der Waals surface area contributed by atoms with E-state index in [1.165, 1.54) is 6.20 Å². The van der Waals surface area contributed by atoms with Crippen molar-refractivity contribution in [1.82, 2.24) is 14.9 Å². The first-order valence-electron chi connectivity index (χ1n) is 4.67. The van der Waals surface area contributed by atoms with Crippen LogP contribution in [0.15, 0.2) is 12.4 Å². The molecule has 0 aliphatic rings. The molecule has 0 aromatic carbocycles. The number of amides is 2. The lowest BCUT2D eigenvalue weighted by Crippen LogP contribution is -2.41. The van der Waals surface area contributed by atoms with Crippen LogP contribution in [-0.2, 0) is 9.59 Å². The first kappa shape index (κ1) is 13.8. The van der Waals surface area contributed by atoms with Crippen molar-refractivity contribution in [2.75, 3.05) is 13.1 Å². The third-order valence-corrected chi connectivity index (χ3v) is 1.97. The van der Waals surface area contributed by atoms with Gasteiger partial charge in [-0.05, 0) is 0 Å². The maximum Gasteiger partial charge on any atom is 0.323 e. The molecule has 0 aliphatic carbocycles. The van der Waals surface area contributed by atoms with Crippen molar-refractivity contribution in [3.63, 3.8) is 0 Å². The fraction of sp³-hybridized carbons (Fsp3) is 0.222. The summed E-state index contributed by atoms with van der Waals surface area (Å²) in [4.78, 5) is 41.3. The molecule has 0 atom stereocenters. The highest BCUT2D eigenvalue weighted by Gasteiger charge is 2.21. The van der Waals surface area contributed by atoms with E-state index in [2.05, 4.69) is 9.97 Å². The molecule has 0 bridgehead atoms. The van der Waals surface area contributed by atoms with Gasteiger partial charge in [-0.3, -0.25) is 19.4 Å². The molecule has 0 radical (unpaired) electrons. The minimum atomic E-state index is -1.28. The number of halogens is 1. The van der Waals surface area contributed by atoms with Gasteiger partial charge in [0.25, 0.3) is 5.91 Å². The topological polar surface area (TPSA) is 126 Å². The molecule has 0 unspecified atom stereocenters. The van der Waals surface area contributed by atoms with Crippen molar-refractivity contribution in [3.8, 4) is 0 Å². The summed E-state index contributed by atoms with van der Waals surface area (Å²) in [5.41, 5.74) is 4.76. The van der Waals surface area contributed by atoms with Crippen molar-refractivity contribution in [2.24, 2.45) is 5.73 Å². The lowest BCUT2D eigenvalue weighted by molar-refractivity contribution is -0.138. The summed E-state index contributed by atoms with van der Waals surface area (Å²) in [6.45, 7) is -1.20. The molecule has 18 heavy (non-hydrogen) atoms. The van der Waals surface area contributed by atoms with E-state index in [9.17, 15) is 14.4 Å². The Hall–Kier alpha value is -2.22. The van der Waals surface area contributed by atoms with Crippen LogP contribution in [0.25, 0.3) is 0 Å². The van der Waals surface area contributed by atoms with E-state index in [4.69, 9.17) is 22.4 Å². The molecule has 0 saturated carbocycles. The third-order valence-electron chi connectivity index (χ3n) is 1.78. The van der Waals surface area contributed by atoms with Crippen molar-refractivity contribution in [1.29, 1.82) is 0 Å². The second kappa shape index (κ2) is 5.92. The predicted octanol–water partition coefficient (Wildman–Crippen LogP) is -0.858. The van der Waals surface area contributed by atoms with E-state index in [1.807, 2.05) is 0 Å². The summed E-state index contributed by atoms with van der Waals surface area (Å²) < 4.78 is 0. The average Bonchev–Trinajstić information content (AvgIpc) is 2.26. The number of hydrogen-bond acceptors (Lipinski definition) is 5.